The lowest BCUT2D eigenvalue weighted by Gasteiger charge is -2.31. The SMILES string of the molecule is N#Cc1ccc(NC(=O)c2cc(N3CCCc4ccccc43)ccn2)cc1. The van der Waals surface area contributed by atoms with Gasteiger partial charge in [-0.25, -0.2) is 0 Å². The second-order valence-corrected chi connectivity index (χ2v) is 6.43. The molecule has 1 N–H and O–H groups in total. The van der Waals surface area contributed by atoms with E-state index in [0.717, 1.165) is 25.1 Å². The summed E-state index contributed by atoms with van der Waals surface area (Å²) < 4.78 is 0. The van der Waals surface area contributed by atoms with E-state index in [4.69, 9.17) is 5.26 Å². The van der Waals surface area contributed by atoms with E-state index < -0.39 is 0 Å². The van der Waals surface area contributed by atoms with Gasteiger partial charge in [0.15, 0.2) is 0 Å². The van der Waals surface area contributed by atoms with Crippen molar-refractivity contribution in [3.63, 3.8) is 0 Å². The molecule has 1 aliphatic heterocycles. The maximum Gasteiger partial charge on any atom is 0.274 e. The number of hydrogen-bond donors (Lipinski definition) is 1. The molecule has 2 heterocycles. The number of carbonyl (C=O) groups excluding carboxylic acids is 1. The van der Waals surface area contributed by atoms with Gasteiger partial charge in [0.05, 0.1) is 11.6 Å². The summed E-state index contributed by atoms with van der Waals surface area (Å²) in [6, 6.07) is 20.9. The van der Waals surface area contributed by atoms with Gasteiger partial charge in [0.1, 0.15) is 5.69 Å². The molecule has 132 valence electrons. The van der Waals surface area contributed by atoms with Crippen molar-refractivity contribution in [1.82, 2.24) is 4.98 Å². The zero-order valence-corrected chi connectivity index (χ0v) is 14.7. The number of hydrogen-bond acceptors (Lipinski definition) is 4. The van der Waals surface area contributed by atoms with Gasteiger partial charge in [0, 0.05) is 29.8 Å². The minimum atomic E-state index is -0.271. The molecule has 27 heavy (non-hydrogen) atoms. The second-order valence-electron chi connectivity index (χ2n) is 6.43. The highest BCUT2D eigenvalue weighted by Crippen LogP contribution is 2.33. The van der Waals surface area contributed by atoms with Crippen molar-refractivity contribution in [3.8, 4) is 6.07 Å². The summed E-state index contributed by atoms with van der Waals surface area (Å²) in [5, 5.41) is 11.7. The molecule has 1 aromatic heterocycles. The van der Waals surface area contributed by atoms with Crippen LogP contribution in [0, 0.1) is 11.3 Å². The number of pyridine rings is 1. The number of nitrogens with one attached hydrogen (secondary N) is 1. The predicted molar refractivity (Wildman–Crippen MR) is 105 cm³/mol. The van der Waals surface area contributed by atoms with Crippen molar-refractivity contribution in [2.75, 3.05) is 16.8 Å². The molecule has 0 fully saturated rings. The van der Waals surface area contributed by atoms with Crippen LogP contribution in [0.15, 0.2) is 66.9 Å². The van der Waals surface area contributed by atoms with E-state index in [1.54, 1.807) is 30.5 Å². The van der Waals surface area contributed by atoms with E-state index in [-0.39, 0.29) is 5.91 Å². The Morgan fingerprint density at radius 3 is 2.74 bits per heavy atom. The standard InChI is InChI=1S/C22H18N4O/c23-15-16-7-9-18(10-8-16)25-22(27)20-14-19(11-12-24-20)26-13-3-5-17-4-1-2-6-21(17)26/h1-2,4,6-12,14H,3,5,13H2,(H,25,27). The zero-order chi connectivity index (χ0) is 18.6. The van der Waals surface area contributed by atoms with Crippen LogP contribution in [0.2, 0.25) is 0 Å². The summed E-state index contributed by atoms with van der Waals surface area (Å²) in [6.45, 7) is 0.914. The minimum absolute atomic E-state index is 0.271. The fourth-order valence-electron chi connectivity index (χ4n) is 3.34. The zero-order valence-electron chi connectivity index (χ0n) is 14.7. The molecule has 5 nitrogen and oxygen atoms in total. The highest BCUT2D eigenvalue weighted by molar-refractivity contribution is 6.03. The third kappa shape index (κ3) is 3.51. The molecule has 0 saturated carbocycles. The van der Waals surface area contributed by atoms with E-state index in [0.29, 0.717) is 16.9 Å². The number of anilines is 3. The molecule has 1 amide bonds. The Bertz CT molecular complexity index is 1020. The van der Waals surface area contributed by atoms with E-state index in [2.05, 4.69) is 39.5 Å². The van der Waals surface area contributed by atoms with E-state index >= 15 is 0 Å². The van der Waals surface area contributed by atoms with E-state index in [1.807, 2.05) is 18.2 Å². The summed E-state index contributed by atoms with van der Waals surface area (Å²) in [4.78, 5) is 19.1. The van der Waals surface area contributed by atoms with Crippen molar-refractivity contribution in [2.24, 2.45) is 0 Å². The van der Waals surface area contributed by atoms with Crippen molar-refractivity contribution in [3.05, 3.63) is 83.7 Å². The van der Waals surface area contributed by atoms with Crippen LogP contribution in [0.25, 0.3) is 0 Å². The van der Waals surface area contributed by atoms with Gasteiger partial charge in [-0.3, -0.25) is 9.78 Å². The molecule has 0 aliphatic carbocycles. The highest BCUT2D eigenvalue weighted by Gasteiger charge is 2.19. The van der Waals surface area contributed by atoms with Crippen molar-refractivity contribution < 1.29 is 4.79 Å². The van der Waals surface area contributed by atoms with Gasteiger partial charge >= 0.3 is 0 Å². The molecule has 0 bridgehead atoms. The lowest BCUT2D eigenvalue weighted by Crippen LogP contribution is -2.25. The number of carbonyl (C=O) groups is 1. The average molecular weight is 354 g/mol. The van der Waals surface area contributed by atoms with Crippen LogP contribution in [-0.4, -0.2) is 17.4 Å². The summed E-state index contributed by atoms with van der Waals surface area (Å²) >= 11 is 0. The Balaban J connectivity index is 1.57. The van der Waals surface area contributed by atoms with Crippen LogP contribution in [0.5, 0.6) is 0 Å². The maximum absolute atomic E-state index is 12.6. The number of fused-ring (bicyclic) bond motifs is 1. The van der Waals surface area contributed by atoms with E-state index in [1.165, 1.54) is 11.3 Å². The number of aryl methyl sites for hydroxylation is 1. The Labute approximate surface area is 157 Å². The first-order chi connectivity index (χ1) is 13.2. The average Bonchev–Trinajstić information content (AvgIpc) is 2.74. The number of nitriles is 1. The summed E-state index contributed by atoms with van der Waals surface area (Å²) in [5.74, 6) is -0.271. The van der Waals surface area contributed by atoms with Crippen LogP contribution in [0.3, 0.4) is 0 Å². The first kappa shape index (κ1) is 16.8. The molecule has 2 aromatic carbocycles. The largest absolute Gasteiger partial charge is 0.341 e. The number of benzene rings is 2. The number of aromatic nitrogens is 1. The molecule has 0 unspecified atom stereocenters. The topological polar surface area (TPSA) is 69.0 Å². The number of rotatable bonds is 3. The molecular weight excluding hydrogens is 336 g/mol. The van der Waals surface area contributed by atoms with E-state index in [9.17, 15) is 4.79 Å². The Kier molecular flexibility index (Phi) is 4.54. The van der Waals surface area contributed by atoms with Crippen LogP contribution in [0.1, 0.15) is 28.0 Å². The molecule has 0 saturated heterocycles. The van der Waals surface area contributed by atoms with Gasteiger partial charge < -0.3 is 10.2 Å². The van der Waals surface area contributed by atoms with Gasteiger partial charge in [-0.05, 0) is 60.9 Å². The van der Waals surface area contributed by atoms with Crippen molar-refractivity contribution in [1.29, 1.82) is 5.26 Å². The Morgan fingerprint density at radius 1 is 1.11 bits per heavy atom. The minimum Gasteiger partial charge on any atom is -0.341 e. The molecule has 3 aromatic rings. The van der Waals surface area contributed by atoms with Crippen LogP contribution in [0.4, 0.5) is 17.1 Å². The molecule has 4 rings (SSSR count). The van der Waals surface area contributed by atoms with Crippen LogP contribution < -0.4 is 10.2 Å². The van der Waals surface area contributed by atoms with Gasteiger partial charge in [-0.2, -0.15) is 5.26 Å². The lowest BCUT2D eigenvalue weighted by molar-refractivity contribution is 0.102. The van der Waals surface area contributed by atoms with Gasteiger partial charge in [0.25, 0.3) is 5.91 Å². The third-order valence-electron chi connectivity index (χ3n) is 4.67. The van der Waals surface area contributed by atoms with Gasteiger partial charge in [-0.15, -0.1) is 0 Å². The van der Waals surface area contributed by atoms with Gasteiger partial charge in [-0.1, -0.05) is 18.2 Å². The first-order valence-corrected chi connectivity index (χ1v) is 8.87. The van der Waals surface area contributed by atoms with Crippen LogP contribution >= 0.6 is 0 Å². The fraction of sp³-hybridized carbons (Fsp3) is 0.136. The van der Waals surface area contributed by atoms with Gasteiger partial charge in [0.2, 0.25) is 0 Å². The number of para-hydroxylation sites is 1. The summed E-state index contributed by atoms with van der Waals surface area (Å²) in [7, 11) is 0. The maximum atomic E-state index is 12.6. The summed E-state index contributed by atoms with van der Waals surface area (Å²) in [6.07, 6.45) is 3.82. The molecule has 5 heteroatoms. The van der Waals surface area contributed by atoms with Crippen LogP contribution in [-0.2, 0) is 6.42 Å². The quantitative estimate of drug-likeness (QED) is 0.762. The molecule has 0 spiro atoms. The number of amides is 1. The predicted octanol–water partition coefficient (Wildman–Crippen LogP) is 4.29. The molecule has 0 radical (unpaired) electrons. The fourth-order valence-corrected chi connectivity index (χ4v) is 3.34. The molecule has 0 atom stereocenters. The Morgan fingerprint density at radius 2 is 1.93 bits per heavy atom. The smallest absolute Gasteiger partial charge is 0.274 e. The molecular formula is C22H18N4O. The monoisotopic (exact) mass is 354 g/mol. The second kappa shape index (κ2) is 7.30. The first-order valence-electron chi connectivity index (χ1n) is 8.87. The number of nitrogens with zero attached hydrogens (tertiary/aromatic N) is 3. The van der Waals surface area contributed by atoms with Crippen molar-refractivity contribution in [2.45, 2.75) is 12.8 Å². The highest BCUT2D eigenvalue weighted by atomic mass is 16.1. The summed E-state index contributed by atoms with van der Waals surface area (Å²) in [5.41, 5.74) is 5.02. The lowest BCUT2D eigenvalue weighted by atomic mass is 10.0. The normalized spacial score (nSPS) is 12.8. The molecule has 1 aliphatic rings. The van der Waals surface area contributed by atoms with Crippen molar-refractivity contribution >= 4 is 23.0 Å². The Hall–Kier alpha value is -3.65. The third-order valence-corrected chi connectivity index (χ3v) is 4.67.